The minimum atomic E-state index is -3.48. The number of anilines is 1. The molecular formula is C16H17N5O3S2. The van der Waals surface area contributed by atoms with Crippen LogP contribution in [0.5, 0.6) is 0 Å². The second-order valence-corrected chi connectivity index (χ2v) is 8.89. The van der Waals surface area contributed by atoms with Crippen LogP contribution in [0.4, 0.5) is 5.13 Å². The highest BCUT2D eigenvalue weighted by Gasteiger charge is 2.29. The minimum absolute atomic E-state index is 0.208. The fraction of sp³-hybridized carbons (Fsp3) is 0.312. The highest BCUT2D eigenvalue weighted by Crippen LogP contribution is 2.24. The Bertz CT molecular complexity index is 1100. The summed E-state index contributed by atoms with van der Waals surface area (Å²) in [6.07, 6.45) is 0. The van der Waals surface area contributed by atoms with Gasteiger partial charge in [-0.3, -0.25) is 4.79 Å². The molecule has 0 unspecified atom stereocenters. The maximum Gasteiger partial charge on any atom is 0.275 e. The largest absolute Gasteiger partial charge is 0.344 e. The summed E-state index contributed by atoms with van der Waals surface area (Å²) in [4.78, 5) is 19.2. The zero-order chi connectivity index (χ0) is 18.3. The number of rotatable bonds is 3. The van der Waals surface area contributed by atoms with Crippen LogP contribution in [0.25, 0.3) is 4.96 Å². The van der Waals surface area contributed by atoms with Gasteiger partial charge in [0, 0.05) is 37.9 Å². The molecule has 1 fully saturated rings. The molecular weight excluding hydrogens is 374 g/mol. The maximum atomic E-state index is 12.7. The predicted octanol–water partition coefficient (Wildman–Crippen LogP) is 0.970. The third-order valence-corrected chi connectivity index (χ3v) is 7.13. The molecule has 136 valence electrons. The van der Waals surface area contributed by atoms with Gasteiger partial charge in [-0.05, 0) is 19.1 Å². The van der Waals surface area contributed by atoms with Gasteiger partial charge < -0.3 is 4.90 Å². The van der Waals surface area contributed by atoms with E-state index in [1.807, 2.05) is 4.90 Å². The zero-order valence-electron chi connectivity index (χ0n) is 14.1. The molecule has 26 heavy (non-hydrogen) atoms. The first-order chi connectivity index (χ1) is 12.4. The lowest BCUT2D eigenvalue weighted by molar-refractivity contribution is 0.384. The van der Waals surface area contributed by atoms with Crippen LogP contribution in [0, 0.1) is 6.92 Å². The molecule has 0 radical (unpaired) electrons. The van der Waals surface area contributed by atoms with Crippen molar-refractivity contribution in [3.8, 4) is 0 Å². The molecule has 10 heteroatoms. The molecule has 3 heterocycles. The third-order valence-electron chi connectivity index (χ3n) is 4.25. The number of sulfonamides is 1. The zero-order valence-corrected chi connectivity index (χ0v) is 15.7. The fourth-order valence-electron chi connectivity index (χ4n) is 2.90. The van der Waals surface area contributed by atoms with E-state index in [4.69, 9.17) is 0 Å². The fourth-order valence-corrected chi connectivity index (χ4v) is 5.35. The summed E-state index contributed by atoms with van der Waals surface area (Å²) in [5, 5.41) is 5.02. The second kappa shape index (κ2) is 6.45. The Labute approximate surface area is 154 Å². The van der Waals surface area contributed by atoms with Gasteiger partial charge in [0.25, 0.3) is 5.56 Å². The van der Waals surface area contributed by atoms with E-state index in [2.05, 4.69) is 10.1 Å². The van der Waals surface area contributed by atoms with E-state index >= 15 is 0 Å². The van der Waals surface area contributed by atoms with Gasteiger partial charge in [0.15, 0.2) is 0 Å². The number of nitrogens with zero attached hydrogens (tertiary/aromatic N) is 5. The molecule has 0 atom stereocenters. The number of hydrogen-bond donors (Lipinski definition) is 0. The van der Waals surface area contributed by atoms with Crippen LogP contribution in [-0.4, -0.2) is 53.5 Å². The molecule has 1 saturated heterocycles. The van der Waals surface area contributed by atoms with Crippen molar-refractivity contribution >= 4 is 31.5 Å². The van der Waals surface area contributed by atoms with Crippen molar-refractivity contribution in [2.75, 3.05) is 31.1 Å². The summed E-state index contributed by atoms with van der Waals surface area (Å²) >= 11 is 1.34. The van der Waals surface area contributed by atoms with Crippen LogP contribution in [0.2, 0.25) is 0 Å². The second-order valence-electron chi connectivity index (χ2n) is 6.02. The molecule has 0 amide bonds. The van der Waals surface area contributed by atoms with Crippen LogP contribution in [0.1, 0.15) is 5.69 Å². The van der Waals surface area contributed by atoms with E-state index in [1.165, 1.54) is 26.2 Å². The van der Waals surface area contributed by atoms with Crippen molar-refractivity contribution in [2.45, 2.75) is 11.8 Å². The Morgan fingerprint density at radius 2 is 1.77 bits per heavy atom. The van der Waals surface area contributed by atoms with E-state index < -0.39 is 10.0 Å². The average Bonchev–Trinajstić information content (AvgIpc) is 3.07. The molecule has 2 aromatic heterocycles. The summed E-state index contributed by atoms with van der Waals surface area (Å²) in [6, 6.07) is 9.89. The molecule has 0 bridgehead atoms. The highest BCUT2D eigenvalue weighted by atomic mass is 32.2. The van der Waals surface area contributed by atoms with E-state index in [1.54, 1.807) is 37.3 Å². The predicted molar refractivity (Wildman–Crippen MR) is 99.3 cm³/mol. The standard InChI is InChI=1S/C16H17N5O3S2/c1-12-11-14(22)21-15(17-12)25-16(18-21)19-7-9-20(10-8-19)26(23,24)13-5-3-2-4-6-13/h2-6,11H,7-10H2,1H3. The van der Waals surface area contributed by atoms with Gasteiger partial charge in [0.05, 0.1) is 4.90 Å². The number of fused-ring (bicyclic) bond motifs is 1. The van der Waals surface area contributed by atoms with Gasteiger partial charge in [-0.15, -0.1) is 5.10 Å². The summed E-state index contributed by atoms with van der Waals surface area (Å²) in [7, 11) is -3.48. The van der Waals surface area contributed by atoms with Crippen molar-refractivity contribution in [1.29, 1.82) is 0 Å². The lowest BCUT2D eigenvalue weighted by Gasteiger charge is -2.33. The Balaban J connectivity index is 1.54. The normalized spacial score (nSPS) is 16.3. The molecule has 8 nitrogen and oxygen atoms in total. The first-order valence-corrected chi connectivity index (χ1v) is 10.4. The lowest BCUT2D eigenvalue weighted by atomic mass is 10.4. The van der Waals surface area contributed by atoms with Crippen LogP contribution in [0.3, 0.4) is 0 Å². The average molecular weight is 391 g/mol. The number of benzene rings is 1. The van der Waals surface area contributed by atoms with Gasteiger partial charge in [-0.1, -0.05) is 29.5 Å². The number of aromatic nitrogens is 3. The lowest BCUT2D eigenvalue weighted by Crippen LogP contribution is -2.48. The van der Waals surface area contributed by atoms with Crippen molar-refractivity contribution < 1.29 is 8.42 Å². The van der Waals surface area contributed by atoms with E-state index in [0.717, 1.165) is 0 Å². The van der Waals surface area contributed by atoms with E-state index in [-0.39, 0.29) is 5.56 Å². The summed E-state index contributed by atoms with van der Waals surface area (Å²) in [5.41, 5.74) is 0.448. The number of aryl methyl sites for hydroxylation is 1. The highest BCUT2D eigenvalue weighted by molar-refractivity contribution is 7.89. The van der Waals surface area contributed by atoms with Gasteiger partial charge in [-0.25, -0.2) is 13.4 Å². The smallest absolute Gasteiger partial charge is 0.275 e. The van der Waals surface area contributed by atoms with Gasteiger partial charge in [0.1, 0.15) is 0 Å². The minimum Gasteiger partial charge on any atom is -0.344 e. The van der Waals surface area contributed by atoms with Crippen molar-refractivity contribution in [3.63, 3.8) is 0 Å². The van der Waals surface area contributed by atoms with Crippen molar-refractivity contribution in [1.82, 2.24) is 18.9 Å². The van der Waals surface area contributed by atoms with Gasteiger partial charge in [0.2, 0.25) is 20.1 Å². The molecule has 1 aliphatic heterocycles. The van der Waals surface area contributed by atoms with Gasteiger partial charge in [-0.2, -0.15) is 8.82 Å². The summed E-state index contributed by atoms with van der Waals surface area (Å²) < 4.78 is 28.2. The Hall–Kier alpha value is -2.30. The molecule has 1 aliphatic rings. The molecule has 1 aromatic carbocycles. The SMILES string of the molecule is Cc1cc(=O)n2nc(N3CCN(S(=O)(=O)c4ccccc4)CC3)sc2n1. The Morgan fingerprint density at radius 3 is 2.46 bits per heavy atom. The van der Waals surface area contributed by atoms with E-state index in [0.29, 0.717) is 46.9 Å². The molecule has 3 aromatic rings. The quantitative estimate of drug-likeness (QED) is 0.661. The third kappa shape index (κ3) is 3.00. The summed E-state index contributed by atoms with van der Waals surface area (Å²) in [5.74, 6) is 0. The van der Waals surface area contributed by atoms with Crippen LogP contribution in [0.15, 0.2) is 46.1 Å². The first kappa shape index (κ1) is 17.1. The number of hydrogen-bond acceptors (Lipinski definition) is 7. The Morgan fingerprint density at radius 1 is 1.08 bits per heavy atom. The van der Waals surface area contributed by atoms with Crippen molar-refractivity contribution in [2.24, 2.45) is 0 Å². The monoisotopic (exact) mass is 391 g/mol. The van der Waals surface area contributed by atoms with Crippen molar-refractivity contribution in [3.05, 3.63) is 52.4 Å². The molecule has 0 aliphatic carbocycles. The van der Waals surface area contributed by atoms with Crippen LogP contribution in [-0.2, 0) is 10.0 Å². The Kier molecular flexibility index (Phi) is 4.25. The summed E-state index contributed by atoms with van der Waals surface area (Å²) in [6.45, 7) is 3.54. The number of piperazine rings is 1. The van der Waals surface area contributed by atoms with E-state index in [9.17, 15) is 13.2 Å². The molecule has 4 rings (SSSR count). The topological polar surface area (TPSA) is 87.9 Å². The van der Waals surface area contributed by atoms with Gasteiger partial charge >= 0.3 is 0 Å². The molecule has 0 spiro atoms. The first-order valence-electron chi connectivity index (χ1n) is 8.13. The molecule has 0 N–H and O–H groups in total. The maximum absolute atomic E-state index is 12.7. The molecule has 0 saturated carbocycles. The van der Waals surface area contributed by atoms with Crippen LogP contribution >= 0.6 is 11.3 Å². The van der Waals surface area contributed by atoms with Crippen LogP contribution < -0.4 is 10.5 Å².